The lowest BCUT2D eigenvalue weighted by Gasteiger charge is -2.34. The van der Waals surface area contributed by atoms with Gasteiger partial charge < -0.3 is 10.4 Å². The van der Waals surface area contributed by atoms with Crippen LogP contribution >= 0.6 is 0 Å². The number of rotatable bonds is 6. The highest BCUT2D eigenvalue weighted by Gasteiger charge is 2.28. The van der Waals surface area contributed by atoms with E-state index in [0.29, 0.717) is 11.8 Å². The third-order valence-electron chi connectivity index (χ3n) is 4.04. The first-order valence-corrected chi connectivity index (χ1v) is 7.72. The lowest BCUT2D eigenvalue weighted by molar-refractivity contribution is -0.137. The Balaban J connectivity index is 2.34. The van der Waals surface area contributed by atoms with Crippen molar-refractivity contribution in [2.45, 2.75) is 64.8 Å². The summed E-state index contributed by atoms with van der Waals surface area (Å²) in [6.07, 6.45) is 4.58. The van der Waals surface area contributed by atoms with Crippen molar-refractivity contribution in [1.29, 1.82) is 0 Å². The second-order valence-electron chi connectivity index (χ2n) is 6.07. The summed E-state index contributed by atoms with van der Waals surface area (Å²) >= 11 is 0. The lowest BCUT2D eigenvalue weighted by atomic mass is 9.78. The van der Waals surface area contributed by atoms with Crippen molar-refractivity contribution in [3.05, 3.63) is 0 Å². The maximum absolute atomic E-state index is 11.8. The molecule has 1 aliphatic carbocycles. The monoisotopic (exact) mass is 298 g/mol. The zero-order valence-electron chi connectivity index (χ0n) is 12.9. The Kier molecular flexibility index (Phi) is 7.19. The average molecular weight is 298 g/mol. The molecule has 0 aromatic heterocycles. The SMILES string of the molecule is CC(C)C1CCCCC1NC(=O)NC(=O)CCCC(=O)O. The fourth-order valence-electron chi connectivity index (χ4n) is 2.93. The van der Waals surface area contributed by atoms with Crippen molar-refractivity contribution < 1.29 is 19.5 Å². The first-order valence-electron chi connectivity index (χ1n) is 7.72. The molecule has 3 N–H and O–H groups in total. The number of carboxylic acid groups (broad SMARTS) is 1. The highest BCUT2D eigenvalue weighted by molar-refractivity contribution is 5.94. The van der Waals surface area contributed by atoms with Gasteiger partial charge in [0.1, 0.15) is 0 Å². The molecule has 0 spiro atoms. The largest absolute Gasteiger partial charge is 0.481 e. The molecule has 21 heavy (non-hydrogen) atoms. The van der Waals surface area contributed by atoms with Gasteiger partial charge in [0.15, 0.2) is 0 Å². The van der Waals surface area contributed by atoms with Crippen LogP contribution < -0.4 is 10.6 Å². The molecule has 0 heterocycles. The van der Waals surface area contributed by atoms with E-state index in [1.54, 1.807) is 0 Å². The van der Waals surface area contributed by atoms with Crippen LogP contribution in [0.4, 0.5) is 4.79 Å². The van der Waals surface area contributed by atoms with Gasteiger partial charge in [0.25, 0.3) is 0 Å². The number of hydrogen-bond acceptors (Lipinski definition) is 3. The molecule has 1 rings (SSSR count). The molecule has 1 fully saturated rings. The van der Waals surface area contributed by atoms with Crippen LogP contribution in [0.25, 0.3) is 0 Å². The topological polar surface area (TPSA) is 95.5 Å². The summed E-state index contributed by atoms with van der Waals surface area (Å²) in [6.45, 7) is 4.30. The molecule has 2 atom stereocenters. The van der Waals surface area contributed by atoms with Gasteiger partial charge in [0.2, 0.25) is 5.91 Å². The van der Waals surface area contributed by atoms with Gasteiger partial charge >= 0.3 is 12.0 Å². The van der Waals surface area contributed by atoms with Crippen LogP contribution in [-0.2, 0) is 9.59 Å². The Hall–Kier alpha value is -1.59. The molecule has 2 unspecified atom stereocenters. The smallest absolute Gasteiger partial charge is 0.321 e. The average Bonchev–Trinajstić information content (AvgIpc) is 2.38. The summed E-state index contributed by atoms with van der Waals surface area (Å²) in [6, 6.07) is -0.349. The lowest BCUT2D eigenvalue weighted by Crippen LogP contribution is -2.49. The number of carboxylic acids is 1. The van der Waals surface area contributed by atoms with E-state index in [4.69, 9.17) is 5.11 Å². The van der Waals surface area contributed by atoms with Gasteiger partial charge in [-0.3, -0.25) is 14.9 Å². The van der Waals surface area contributed by atoms with E-state index >= 15 is 0 Å². The molecule has 0 aliphatic heterocycles. The number of carbonyl (C=O) groups excluding carboxylic acids is 2. The summed E-state index contributed by atoms with van der Waals surface area (Å²) in [4.78, 5) is 33.7. The van der Waals surface area contributed by atoms with Crippen LogP contribution in [0, 0.1) is 11.8 Å². The zero-order valence-corrected chi connectivity index (χ0v) is 12.9. The first kappa shape index (κ1) is 17.5. The Bertz CT molecular complexity index is 382. The Morgan fingerprint density at radius 2 is 1.81 bits per heavy atom. The van der Waals surface area contributed by atoms with E-state index in [1.165, 1.54) is 6.42 Å². The molecule has 0 radical (unpaired) electrons. The van der Waals surface area contributed by atoms with Gasteiger partial charge in [0, 0.05) is 18.9 Å². The second kappa shape index (κ2) is 8.64. The molecule has 120 valence electrons. The molecule has 3 amide bonds. The van der Waals surface area contributed by atoms with E-state index < -0.39 is 17.9 Å². The van der Waals surface area contributed by atoms with Gasteiger partial charge in [-0.15, -0.1) is 0 Å². The van der Waals surface area contributed by atoms with Crippen LogP contribution in [0.5, 0.6) is 0 Å². The van der Waals surface area contributed by atoms with Crippen molar-refractivity contribution in [2.75, 3.05) is 0 Å². The van der Waals surface area contributed by atoms with E-state index in [-0.39, 0.29) is 25.3 Å². The highest BCUT2D eigenvalue weighted by Crippen LogP contribution is 2.30. The van der Waals surface area contributed by atoms with Crippen LogP contribution in [0.1, 0.15) is 58.8 Å². The van der Waals surface area contributed by atoms with E-state index in [1.807, 2.05) is 0 Å². The molecule has 0 aromatic rings. The number of amides is 3. The minimum atomic E-state index is -0.936. The molecular formula is C15H26N2O4. The van der Waals surface area contributed by atoms with E-state index in [2.05, 4.69) is 24.5 Å². The Labute approximate surface area is 125 Å². The van der Waals surface area contributed by atoms with Crippen LogP contribution in [0.2, 0.25) is 0 Å². The molecule has 0 aromatic carbocycles. The molecule has 0 bridgehead atoms. The highest BCUT2D eigenvalue weighted by atomic mass is 16.4. The van der Waals surface area contributed by atoms with Crippen LogP contribution in [0.3, 0.4) is 0 Å². The van der Waals surface area contributed by atoms with Gasteiger partial charge in [-0.2, -0.15) is 0 Å². The molecule has 0 saturated heterocycles. The first-order chi connectivity index (χ1) is 9.90. The Morgan fingerprint density at radius 3 is 2.43 bits per heavy atom. The number of nitrogens with one attached hydrogen (secondary N) is 2. The Morgan fingerprint density at radius 1 is 1.14 bits per heavy atom. The predicted molar refractivity (Wildman–Crippen MR) is 78.7 cm³/mol. The third-order valence-corrected chi connectivity index (χ3v) is 4.04. The molecule has 6 heteroatoms. The second-order valence-corrected chi connectivity index (χ2v) is 6.07. The molecule has 6 nitrogen and oxygen atoms in total. The molecule has 1 saturated carbocycles. The van der Waals surface area contributed by atoms with E-state index in [9.17, 15) is 14.4 Å². The summed E-state index contributed by atoms with van der Waals surface area (Å²) in [7, 11) is 0. The summed E-state index contributed by atoms with van der Waals surface area (Å²) in [5.41, 5.74) is 0. The van der Waals surface area contributed by atoms with Gasteiger partial charge in [0.05, 0.1) is 0 Å². The summed E-state index contributed by atoms with van der Waals surface area (Å²) in [5, 5.41) is 13.7. The minimum Gasteiger partial charge on any atom is -0.481 e. The van der Waals surface area contributed by atoms with Gasteiger partial charge in [-0.25, -0.2) is 4.79 Å². The van der Waals surface area contributed by atoms with Crippen molar-refractivity contribution in [3.63, 3.8) is 0 Å². The quantitative estimate of drug-likeness (QED) is 0.701. The third kappa shape index (κ3) is 6.60. The molecule has 1 aliphatic rings. The van der Waals surface area contributed by atoms with Gasteiger partial charge in [-0.05, 0) is 31.1 Å². The number of hydrogen-bond donors (Lipinski definition) is 3. The summed E-state index contributed by atoms with van der Waals surface area (Å²) < 4.78 is 0. The normalized spacial score (nSPS) is 21.9. The van der Waals surface area contributed by atoms with E-state index in [0.717, 1.165) is 19.3 Å². The number of imide groups is 1. The van der Waals surface area contributed by atoms with Gasteiger partial charge in [-0.1, -0.05) is 26.7 Å². The minimum absolute atomic E-state index is 0.0536. The van der Waals surface area contributed by atoms with Crippen molar-refractivity contribution >= 4 is 17.9 Å². The number of aliphatic carboxylic acids is 1. The van der Waals surface area contributed by atoms with Crippen molar-refractivity contribution in [3.8, 4) is 0 Å². The van der Waals surface area contributed by atoms with Crippen molar-refractivity contribution in [2.24, 2.45) is 11.8 Å². The van der Waals surface area contributed by atoms with Crippen LogP contribution in [-0.4, -0.2) is 29.1 Å². The number of urea groups is 1. The fraction of sp³-hybridized carbons (Fsp3) is 0.800. The standard InChI is InChI=1S/C15H26N2O4/c1-10(2)11-6-3-4-7-12(11)16-15(21)17-13(18)8-5-9-14(19)20/h10-12H,3-9H2,1-2H3,(H,19,20)(H2,16,17,18,21). The van der Waals surface area contributed by atoms with Crippen LogP contribution in [0.15, 0.2) is 0 Å². The fourth-order valence-corrected chi connectivity index (χ4v) is 2.93. The maximum Gasteiger partial charge on any atom is 0.321 e. The van der Waals surface area contributed by atoms with Crippen molar-refractivity contribution in [1.82, 2.24) is 10.6 Å². The summed E-state index contributed by atoms with van der Waals surface area (Å²) in [5.74, 6) is -0.409. The predicted octanol–water partition coefficient (Wildman–Crippen LogP) is 2.28. The molecular weight excluding hydrogens is 272 g/mol. The number of carbonyl (C=O) groups is 3. The zero-order chi connectivity index (χ0) is 15.8. The maximum atomic E-state index is 11.8.